The number of nitrogens with one attached hydrogen (secondary N) is 3. The molecule has 2 aromatic carbocycles. The number of halogens is 1. The third-order valence-electron chi connectivity index (χ3n) is 5.05. The highest BCUT2D eigenvalue weighted by Crippen LogP contribution is 2.43. The van der Waals surface area contributed by atoms with Gasteiger partial charge in [0.15, 0.2) is 0 Å². The van der Waals surface area contributed by atoms with Crippen molar-refractivity contribution >= 4 is 34.8 Å². The van der Waals surface area contributed by atoms with E-state index in [9.17, 15) is 9.59 Å². The van der Waals surface area contributed by atoms with Crippen molar-refractivity contribution in [2.24, 2.45) is 0 Å². The van der Waals surface area contributed by atoms with Crippen molar-refractivity contribution in [3.05, 3.63) is 59.1 Å². The first-order chi connectivity index (χ1) is 13.0. The largest absolute Gasteiger partial charge is 0.374 e. The average Bonchev–Trinajstić information content (AvgIpc) is 2.61. The van der Waals surface area contributed by atoms with E-state index in [1.807, 2.05) is 18.2 Å². The first-order valence-electron chi connectivity index (χ1n) is 9.12. The summed E-state index contributed by atoms with van der Waals surface area (Å²) in [6.45, 7) is 2.18. The lowest BCUT2D eigenvalue weighted by Crippen LogP contribution is -2.46. The van der Waals surface area contributed by atoms with Crippen LogP contribution in [0.1, 0.15) is 31.7 Å². The minimum Gasteiger partial charge on any atom is -0.374 e. The molecule has 0 radical (unpaired) electrons. The molecule has 1 fully saturated rings. The molecule has 1 aliphatic rings. The standard InChI is InChI=1S/C21H24ClN3O2/c1-15(26)25-18-9-8-17(22)12-19(18)23-13-20(27)24-14-21(10-5-11-21)16-6-3-2-4-7-16/h2-4,6-9,12,23H,5,10-11,13-14H2,1H3,(H,24,27)(H,25,26). The van der Waals surface area contributed by atoms with Crippen LogP contribution in [0.2, 0.25) is 5.02 Å². The van der Waals surface area contributed by atoms with Gasteiger partial charge in [-0.15, -0.1) is 0 Å². The molecule has 0 bridgehead atoms. The topological polar surface area (TPSA) is 70.2 Å². The van der Waals surface area contributed by atoms with E-state index in [1.54, 1.807) is 18.2 Å². The van der Waals surface area contributed by atoms with Crippen LogP contribution in [0.3, 0.4) is 0 Å². The molecule has 3 rings (SSSR count). The predicted molar refractivity (Wildman–Crippen MR) is 109 cm³/mol. The smallest absolute Gasteiger partial charge is 0.239 e. The van der Waals surface area contributed by atoms with Crippen LogP contribution in [0, 0.1) is 0 Å². The van der Waals surface area contributed by atoms with Crippen molar-refractivity contribution in [2.45, 2.75) is 31.6 Å². The Kier molecular flexibility index (Phi) is 6.01. The average molecular weight is 386 g/mol. The second kappa shape index (κ2) is 8.44. The first kappa shape index (κ1) is 19.2. The predicted octanol–water partition coefficient (Wildman–Crippen LogP) is 3.95. The van der Waals surface area contributed by atoms with Crippen molar-refractivity contribution in [1.29, 1.82) is 0 Å². The molecule has 0 aliphatic heterocycles. The Labute approximate surface area is 164 Å². The van der Waals surface area contributed by atoms with Gasteiger partial charge in [0.2, 0.25) is 11.8 Å². The number of rotatable bonds is 7. The van der Waals surface area contributed by atoms with Gasteiger partial charge in [-0.3, -0.25) is 9.59 Å². The molecule has 1 aliphatic carbocycles. The van der Waals surface area contributed by atoms with Gasteiger partial charge in [0, 0.05) is 23.9 Å². The molecular weight excluding hydrogens is 362 g/mol. The molecular formula is C21H24ClN3O2. The highest BCUT2D eigenvalue weighted by molar-refractivity contribution is 6.31. The summed E-state index contributed by atoms with van der Waals surface area (Å²) >= 11 is 6.03. The van der Waals surface area contributed by atoms with Gasteiger partial charge in [0.25, 0.3) is 0 Å². The summed E-state index contributed by atoms with van der Waals surface area (Å²) in [4.78, 5) is 23.7. The van der Waals surface area contributed by atoms with Gasteiger partial charge in [-0.05, 0) is 36.6 Å². The van der Waals surface area contributed by atoms with E-state index in [1.165, 1.54) is 18.9 Å². The SMILES string of the molecule is CC(=O)Nc1ccc(Cl)cc1NCC(=O)NCC1(c2ccccc2)CCC1. The van der Waals surface area contributed by atoms with Gasteiger partial charge < -0.3 is 16.0 Å². The summed E-state index contributed by atoms with van der Waals surface area (Å²) < 4.78 is 0. The molecule has 0 spiro atoms. The van der Waals surface area contributed by atoms with Crippen LogP contribution >= 0.6 is 11.6 Å². The molecule has 2 amide bonds. The molecule has 0 saturated heterocycles. The van der Waals surface area contributed by atoms with E-state index >= 15 is 0 Å². The van der Waals surface area contributed by atoms with Crippen LogP contribution in [0.4, 0.5) is 11.4 Å². The Morgan fingerprint density at radius 3 is 2.44 bits per heavy atom. The Morgan fingerprint density at radius 2 is 1.81 bits per heavy atom. The zero-order chi connectivity index (χ0) is 19.3. The monoisotopic (exact) mass is 385 g/mol. The quantitative estimate of drug-likeness (QED) is 0.675. The molecule has 6 heteroatoms. The second-order valence-electron chi connectivity index (χ2n) is 7.00. The van der Waals surface area contributed by atoms with Gasteiger partial charge in [-0.1, -0.05) is 48.4 Å². The maximum absolute atomic E-state index is 12.4. The zero-order valence-corrected chi connectivity index (χ0v) is 16.1. The molecule has 2 aromatic rings. The van der Waals surface area contributed by atoms with Crippen LogP contribution in [0.5, 0.6) is 0 Å². The molecule has 142 valence electrons. The van der Waals surface area contributed by atoms with E-state index in [-0.39, 0.29) is 23.8 Å². The van der Waals surface area contributed by atoms with Crippen molar-refractivity contribution < 1.29 is 9.59 Å². The number of hydrogen-bond donors (Lipinski definition) is 3. The number of anilines is 2. The Hall–Kier alpha value is -2.53. The number of benzene rings is 2. The summed E-state index contributed by atoms with van der Waals surface area (Å²) in [6, 6.07) is 15.5. The summed E-state index contributed by atoms with van der Waals surface area (Å²) in [6.07, 6.45) is 3.36. The maximum atomic E-state index is 12.4. The minimum atomic E-state index is -0.181. The van der Waals surface area contributed by atoms with Crippen LogP contribution in [0.25, 0.3) is 0 Å². The lowest BCUT2D eigenvalue weighted by Gasteiger charge is -2.42. The second-order valence-corrected chi connectivity index (χ2v) is 7.44. The summed E-state index contributed by atoms with van der Waals surface area (Å²) in [5.41, 5.74) is 2.55. The molecule has 0 heterocycles. The third-order valence-corrected chi connectivity index (χ3v) is 5.29. The van der Waals surface area contributed by atoms with Crippen molar-refractivity contribution in [1.82, 2.24) is 5.32 Å². The normalized spacial score (nSPS) is 14.7. The first-order valence-corrected chi connectivity index (χ1v) is 9.50. The summed E-state index contributed by atoms with van der Waals surface area (Å²) in [5, 5.41) is 9.37. The zero-order valence-electron chi connectivity index (χ0n) is 15.3. The molecule has 0 unspecified atom stereocenters. The van der Waals surface area contributed by atoms with Gasteiger partial charge in [0.05, 0.1) is 17.9 Å². The number of hydrogen-bond acceptors (Lipinski definition) is 3. The fraction of sp³-hybridized carbons (Fsp3) is 0.333. The Morgan fingerprint density at radius 1 is 1.07 bits per heavy atom. The fourth-order valence-electron chi connectivity index (χ4n) is 3.43. The highest BCUT2D eigenvalue weighted by atomic mass is 35.5. The van der Waals surface area contributed by atoms with Gasteiger partial charge in [-0.2, -0.15) is 0 Å². The van der Waals surface area contributed by atoms with Crippen molar-refractivity contribution in [3.63, 3.8) is 0 Å². The van der Waals surface area contributed by atoms with Crippen molar-refractivity contribution in [3.8, 4) is 0 Å². The van der Waals surface area contributed by atoms with Gasteiger partial charge in [0.1, 0.15) is 0 Å². The van der Waals surface area contributed by atoms with E-state index in [0.29, 0.717) is 22.9 Å². The molecule has 0 aromatic heterocycles. The van der Waals surface area contributed by atoms with Gasteiger partial charge in [-0.25, -0.2) is 0 Å². The highest BCUT2D eigenvalue weighted by Gasteiger charge is 2.38. The summed E-state index contributed by atoms with van der Waals surface area (Å²) in [7, 11) is 0. The maximum Gasteiger partial charge on any atom is 0.239 e. The lowest BCUT2D eigenvalue weighted by atomic mass is 9.64. The lowest BCUT2D eigenvalue weighted by molar-refractivity contribution is -0.119. The van der Waals surface area contributed by atoms with Crippen molar-refractivity contribution in [2.75, 3.05) is 23.7 Å². The summed E-state index contributed by atoms with van der Waals surface area (Å²) in [5.74, 6) is -0.273. The van der Waals surface area contributed by atoms with Crippen LogP contribution in [0.15, 0.2) is 48.5 Å². The van der Waals surface area contributed by atoms with E-state index in [2.05, 4.69) is 28.1 Å². The molecule has 3 N–H and O–H groups in total. The van der Waals surface area contributed by atoms with Gasteiger partial charge >= 0.3 is 0 Å². The van der Waals surface area contributed by atoms with Crippen LogP contribution < -0.4 is 16.0 Å². The minimum absolute atomic E-state index is 0.0499. The Balaban J connectivity index is 1.57. The van der Waals surface area contributed by atoms with Crippen LogP contribution in [-0.2, 0) is 15.0 Å². The van der Waals surface area contributed by atoms with E-state index in [4.69, 9.17) is 11.6 Å². The molecule has 1 saturated carbocycles. The van der Waals surface area contributed by atoms with E-state index < -0.39 is 0 Å². The van der Waals surface area contributed by atoms with Crippen LogP contribution in [-0.4, -0.2) is 24.9 Å². The third kappa shape index (κ3) is 4.80. The number of carbonyl (C=O) groups is 2. The fourth-order valence-corrected chi connectivity index (χ4v) is 3.60. The molecule has 0 atom stereocenters. The Bertz CT molecular complexity index is 819. The molecule has 27 heavy (non-hydrogen) atoms. The number of amides is 2. The molecule has 5 nitrogen and oxygen atoms in total. The number of carbonyl (C=O) groups excluding carboxylic acids is 2. The van der Waals surface area contributed by atoms with E-state index in [0.717, 1.165) is 12.8 Å².